The SMILES string of the molecule is CC(C)[C@H](NC(=O)OCc1ccccc1)C(=O)NCCCc1nc2c(s1)CCCC2. The minimum atomic E-state index is -0.625. The van der Waals surface area contributed by atoms with E-state index in [9.17, 15) is 9.59 Å². The molecule has 162 valence electrons. The van der Waals surface area contributed by atoms with E-state index < -0.39 is 12.1 Å². The molecule has 0 aliphatic heterocycles. The second kappa shape index (κ2) is 11.1. The number of fused-ring (bicyclic) bond motifs is 1. The van der Waals surface area contributed by atoms with Gasteiger partial charge < -0.3 is 15.4 Å². The van der Waals surface area contributed by atoms with Crippen molar-refractivity contribution < 1.29 is 14.3 Å². The number of benzene rings is 1. The molecule has 0 unspecified atom stereocenters. The van der Waals surface area contributed by atoms with Crippen LogP contribution in [0.1, 0.15) is 54.3 Å². The largest absolute Gasteiger partial charge is 0.445 e. The fourth-order valence-corrected chi connectivity index (χ4v) is 4.70. The van der Waals surface area contributed by atoms with Gasteiger partial charge in [-0.05, 0) is 43.6 Å². The van der Waals surface area contributed by atoms with Gasteiger partial charge in [0, 0.05) is 17.8 Å². The highest BCUT2D eigenvalue weighted by molar-refractivity contribution is 7.11. The molecule has 1 aliphatic carbocycles. The van der Waals surface area contributed by atoms with Crippen LogP contribution in [-0.4, -0.2) is 29.6 Å². The lowest BCUT2D eigenvalue weighted by Crippen LogP contribution is -2.50. The van der Waals surface area contributed by atoms with E-state index in [0.29, 0.717) is 6.54 Å². The molecule has 0 spiro atoms. The average Bonchev–Trinajstić information content (AvgIpc) is 3.17. The third kappa shape index (κ3) is 6.55. The molecule has 1 aromatic heterocycles. The second-order valence-corrected chi connectivity index (χ2v) is 9.18. The molecule has 6 nitrogen and oxygen atoms in total. The van der Waals surface area contributed by atoms with Crippen molar-refractivity contribution in [3.05, 3.63) is 51.5 Å². The van der Waals surface area contributed by atoms with Gasteiger partial charge in [0.15, 0.2) is 0 Å². The van der Waals surface area contributed by atoms with E-state index in [-0.39, 0.29) is 18.4 Å². The number of ether oxygens (including phenoxy) is 1. The van der Waals surface area contributed by atoms with Crippen molar-refractivity contribution >= 4 is 23.3 Å². The third-order valence-corrected chi connectivity index (χ3v) is 6.41. The van der Waals surface area contributed by atoms with Gasteiger partial charge in [-0.3, -0.25) is 4.79 Å². The van der Waals surface area contributed by atoms with Crippen LogP contribution in [0.5, 0.6) is 0 Å². The van der Waals surface area contributed by atoms with Gasteiger partial charge in [0.1, 0.15) is 12.6 Å². The Kier molecular flexibility index (Phi) is 8.25. The van der Waals surface area contributed by atoms with Crippen LogP contribution in [0.15, 0.2) is 30.3 Å². The summed E-state index contributed by atoms with van der Waals surface area (Å²) in [5, 5.41) is 6.80. The molecule has 7 heteroatoms. The number of hydrogen-bond acceptors (Lipinski definition) is 5. The molecule has 1 atom stereocenters. The summed E-state index contributed by atoms with van der Waals surface area (Å²) in [4.78, 5) is 30.9. The molecular formula is C23H31N3O3S. The van der Waals surface area contributed by atoms with E-state index >= 15 is 0 Å². The first-order chi connectivity index (χ1) is 14.5. The first-order valence-corrected chi connectivity index (χ1v) is 11.6. The van der Waals surface area contributed by atoms with Crippen LogP contribution in [-0.2, 0) is 35.4 Å². The van der Waals surface area contributed by atoms with Gasteiger partial charge in [0.25, 0.3) is 0 Å². The van der Waals surface area contributed by atoms with Gasteiger partial charge in [-0.2, -0.15) is 0 Å². The van der Waals surface area contributed by atoms with Gasteiger partial charge in [0.2, 0.25) is 5.91 Å². The van der Waals surface area contributed by atoms with Crippen molar-refractivity contribution in [3.8, 4) is 0 Å². The Morgan fingerprint density at radius 1 is 1.17 bits per heavy atom. The molecule has 2 N–H and O–H groups in total. The second-order valence-electron chi connectivity index (χ2n) is 8.01. The maximum absolute atomic E-state index is 12.6. The fourth-order valence-electron chi connectivity index (χ4n) is 3.50. The maximum atomic E-state index is 12.6. The highest BCUT2D eigenvalue weighted by atomic mass is 32.1. The van der Waals surface area contributed by atoms with Crippen molar-refractivity contribution in [2.75, 3.05) is 6.54 Å². The van der Waals surface area contributed by atoms with E-state index in [0.717, 1.165) is 31.2 Å². The summed E-state index contributed by atoms with van der Waals surface area (Å²) < 4.78 is 5.25. The van der Waals surface area contributed by atoms with Crippen molar-refractivity contribution in [2.24, 2.45) is 5.92 Å². The number of thiazole rings is 1. The van der Waals surface area contributed by atoms with E-state index in [1.54, 1.807) is 0 Å². The Labute approximate surface area is 182 Å². The number of amides is 2. The van der Waals surface area contributed by atoms with Crippen molar-refractivity contribution in [3.63, 3.8) is 0 Å². The van der Waals surface area contributed by atoms with E-state index in [2.05, 4.69) is 10.6 Å². The molecule has 2 aromatic rings. The van der Waals surface area contributed by atoms with Crippen LogP contribution in [0.2, 0.25) is 0 Å². The molecule has 30 heavy (non-hydrogen) atoms. The zero-order chi connectivity index (χ0) is 21.3. The summed E-state index contributed by atoms with van der Waals surface area (Å²) in [6.45, 7) is 4.55. The molecule has 0 radical (unpaired) electrons. The minimum absolute atomic E-state index is 0.0417. The summed E-state index contributed by atoms with van der Waals surface area (Å²) in [7, 11) is 0. The highest BCUT2D eigenvalue weighted by Gasteiger charge is 2.24. The number of alkyl carbamates (subject to hydrolysis) is 1. The number of carbonyl (C=O) groups excluding carboxylic acids is 2. The summed E-state index contributed by atoms with van der Waals surface area (Å²) >= 11 is 1.82. The molecule has 0 bridgehead atoms. The highest BCUT2D eigenvalue weighted by Crippen LogP contribution is 2.27. The van der Waals surface area contributed by atoms with Crippen molar-refractivity contribution in [2.45, 2.75) is 65.0 Å². The molecule has 1 heterocycles. The predicted octanol–water partition coefficient (Wildman–Crippen LogP) is 4.02. The lowest BCUT2D eigenvalue weighted by molar-refractivity contribution is -0.124. The van der Waals surface area contributed by atoms with Crippen LogP contribution in [0, 0.1) is 5.92 Å². The van der Waals surface area contributed by atoms with Crippen LogP contribution in [0.3, 0.4) is 0 Å². The number of rotatable bonds is 9. The van der Waals surface area contributed by atoms with Crippen molar-refractivity contribution in [1.82, 2.24) is 15.6 Å². The first-order valence-electron chi connectivity index (χ1n) is 10.8. The minimum Gasteiger partial charge on any atom is -0.445 e. The van der Waals surface area contributed by atoms with E-state index in [4.69, 9.17) is 9.72 Å². The quantitative estimate of drug-likeness (QED) is 0.590. The molecule has 1 aromatic carbocycles. The van der Waals surface area contributed by atoms with Gasteiger partial charge >= 0.3 is 6.09 Å². The number of nitrogens with one attached hydrogen (secondary N) is 2. The number of aryl methyl sites for hydroxylation is 3. The fraction of sp³-hybridized carbons (Fsp3) is 0.522. The molecule has 0 fully saturated rings. The molecular weight excluding hydrogens is 398 g/mol. The predicted molar refractivity (Wildman–Crippen MR) is 118 cm³/mol. The Hall–Kier alpha value is -2.41. The molecule has 0 saturated heterocycles. The van der Waals surface area contributed by atoms with Crippen LogP contribution in [0.25, 0.3) is 0 Å². The van der Waals surface area contributed by atoms with Crippen molar-refractivity contribution in [1.29, 1.82) is 0 Å². The van der Waals surface area contributed by atoms with Gasteiger partial charge in [0.05, 0.1) is 10.7 Å². The normalized spacial score (nSPS) is 14.1. The lowest BCUT2D eigenvalue weighted by atomic mass is 10.0. The summed E-state index contributed by atoms with van der Waals surface area (Å²) in [6.07, 6.45) is 5.89. The maximum Gasteiger partial charge on any atom is 0.408 e. The van der Waals surface area contributed by atoms with Gasteiger partial charge in [-0.1, -0.05) is 44.2 Å². The molecule has 3 rings (SSSR count). The standard InChI is InChI=1S/C23H31N3O3S/c1-16(2)21(26-23(28)29-15-17-9-4-3-5-10-17)22(27)24-14-8-13-20-25-18-11-6-7-12-19(18)30-20/h3-5,9-10,16,21H,6-8,11-15H2,1-2H3,(H,24,27)(H,26,28)/t21-/m0/s1. The third-order valence-electron chi connectivity index (χ3n) is 5.19. The summed E-state index contributed by atoms with van der Waals surface area (Å²) in [6, 6.07) is 8.84. The first kappa shape index (κ1) is 22.3. The van der Waals surface area contributed by atoms with Crippen LogP contribution >= 0.6 is 11.3 Å². The number of carbonyl (C=O) groups is 2. The number of hydrogen-bond donors (Lipinski definition) is 2. The monoisotopic (exact) mass is 429 g/mol. The Morgan fingerprint density at radius 2 is 1.93 bits per heavy atom. The van der Waals surface area contributed by atoms with E-state index in [1.165, 1.54) is 28.4 Å². The topological polar surface area (TPSA) is 80.3 Å². The smallest absolute Gasteiger partial charge is 0.408 e. The molecule has 1 aliphatic rings. The molecule has 2 amide bonds. The average molecular weight is 430 g/mol. The van der Waals surface area contributed by atoms with Crippen LogP contribution < -0.4 is 10.6 Å². The zero-order valence-electron chi connectivity index (χ0n) is 17.8. The Morgan fingerprint density at radius 3 is 2.67 bits per heavy atom. The summed E-state index contributed by atoms with van der Waals surface area (Å²) in [5.41, 5.74) is 2.19. The van der Waals surface area contributed by atoms with Gasteiger partial charge in [-0.15, -0.1) is 11.3 Å². The van der Waals surface area contributed by atoms with E-state index in [1.807, 2.05) is 55.5 Å². The number of nitrogens with zero attached hydrogens (tertiary/aromatic N) is 1. The Balaban J connectivity index is 1.40. The summed E-state index contributed by atoms with van der Waals surface area (Å²) in [5.74, 6) is -0.222. The lowest BCUT2D eigenvalue weighted by Gasteiger charge is -2.21. The zero-order valence-corrected chi connectivity index (χ0v) is 18.6. The number of aromatic nitrogens is 1. The Bertz CT molecular complexity index is 812. The van der Waals surface area contributed by atoms with Gasteiger partial charge in [-0.25, -0.2) is 9.78 Å². The molecule has 0 saturated carbocycles. The van der Waals surface area contributed by atoms with Crippen LogP contribution in [0.4, 0.5) is 4.79 Å².